The molecule has 1 atom stereocenters. The largest absolute Gasteiger partial charge is 0.319 e. The lowest BCUT2D eigenvalue weighted by atomic mass is 10.0. The lowest BCUT2D eigenvalue weighted by Crippen LogP contribution is -2.21. The number of halogens is 3. The van der Waals surface area contributed by atoms with E-state index in [-0.39, 0.29) is 5.56 Å². The van der Waals surface area contributed by atoms with Crippen LogP contribution in [0.3, 0.4) is 0 Å². The summed E-state index contributed by atoms with van der Waals surface area (Å²) in [5.41, 5.74) is 5.50. The minimum atomic E-state index is -2.74. The van der Waals surface area contributed by atoms with Crippen molar-refractivity contribution in [2.75, 3.05) is 0 Å². The van der Waals surface area contributed by atoms with Gasteiger partial charge in [0, 0.05) is 5.56 Å². The van der Waals surface area contributed by atoms with Crippen LogP contribution in [0.5, 0.6) is 0 Å². The molecule has 0 aromatic heterocycles. The van der Waals surface area contributed by atoms with E-state index >= 15 is 0 Å². The van der Waals surface area contributed by atoms with E-state index in [1.807, 2.05) is 0 Å². The van der Waals surface area contributed by atoms with E-state index in [2.05, 4.69) is 0 Å². The van der Waals surface area contributed by atoms with E-state index in [0.717, 1.165) is 6.07 Å². The minimum Gasteiger partial charge on any atom is -0.319 e. The molecule has 13 heavy (non-hydrogen) atoms. The van der Waals surface area contributed by atoms with Crippen LogP contribution in [0.25, 0.3) is 0 Å². The van der Waals surface area contributed by atoms with Gasteiger partial charge in [-0.3, -0.25) is 0 Å². The van der Waals surface area contributed by atoms with Crippen molar-refractivity contribution in [3.63, 3.8) is 0 Å². The molecule has 1 rings (SSSR count). The van der Waals surface area contributed by atoms with Crippen molar-refractivity contribution < 1.29 is 13.2 Å². The molecular formula is C9H10F3N. The summed E-state index contributed by atoms with van der Waals surface area (Å²) in [6.07, 6.45) is -2.74. The molecule has 0 heterocycles. The van der Waals surface area contributed by atoms with Crippen molar-refractivity contribution in [3.8, 4) is 0 Å². The van der Waals surface area contributed by atoms with E-state index in [1.165, 1.54) is 6.07 Å². The molecule has 1 unspecified atom stereocenters. The smallest absolute Gasteiger partial charge is 0.257 e. The topological polar surface area (TPSA) is 26.0 Å². The van der Waals surface area contributed by atoms with Gasteiger partial charge in [-0.05, 0) is 18.6 Å². The van der Waals surface area contributed by atoms with Gasteiger partial charge in [-0.1, -0.05) is 12.1 Å². The Bertz CT molecular complexity index is 279. The van der Waals surface area contributed by atoms with Crippen LogP contribution in [0.2, 0.25) is 0 Å². The fraction of sp³-hybridized carbons (Fsp3) is 0.333. The molecular weight excluding hydrogens is 179 g/mol. The fourth-order valence-corrected chi connectivity index (χ4v) is 1.19. The molecule has 1 aromatic rings. The monoisotopic (exact) mass is 189 g/mol. The number of hydrogen-bond acceptors (Lipinski definition) is 1. The average Bonchev–Trinajstić information content (AvgIpc) is 2.03. The van der Waals surface area contributed by atoms with Crippen LogP contribution < -0.4 is 5.73 Å². The van der Waals surface area contributed by atoms with Crippen molar-refractivity contribution in [1.29, 1.82) is 0 Å². The molecule has 4 heteroatoms. The highest BCUT2D eigenvalue weighted by Gasteiger charge is 2.22. The second-order valence-electron chi connectivity index (χ2n) is 2.83. The summed E-state index contributed by atoms with van der Waals surface area (Å²) in [5.74, 6) is -0.673. The van der Waals surface area contributed by atoms with E-state index in [9.17, 15) is 13.2 Å². The van der Waals surface area contributed by atoms with Crippen molar-refractivity contribution in [2.45, 2.75) is 19.4 Å². The molecule has 0 saturated carbocycles. The Morgan fingerprint density at radius 1 is 1.31 bits per heavy atom. The van der Waals surface area contributed by atoms with Crippen molar-refractivity contribution in [3.05, 3.63) is 35.1 Å². The quantitative estimate of drug-likeness (QED) is 0.759. The van der Waals surface area contributed by atoms with E-state index < -0.39 is 18.3 Å². The summed E-state index contributed by atoms with van der Waals surface area (Å²) in [5, 5.41) is 0. The summed E-state index contributed by atoms with van der Waals surface area (Å²) in [6.45, 7) is 1.56. The zero-order valence-corrected chi connectivity index (χ0v) is 7.10. The first kappa shape index (κ1) is 10.1. The van der Waals surface area contributed by atoms with Gasteiger partial charge in [0.15, 0.2) is 0 Å². The average molecular weight is 189 g/mol. The number of rotatable bonds is 2. The first-order chi connectivity index (χ1) is 6.04. The van der Waals surface area contributed by atoms with Gasteiger partial charge in [-0.25, -0.2) is 13.2 Å². The normalized spacial score (nSPS) is 13.4. The van der Waals surface area contributed by atoms with Crippen LogP contribution in [0, 0.1) is 12.7 Å². The van der Waals surface area contributed by atoms with Gasteiger partial charge in [-0.15, -0.1) is 0 Å². The Kier molecular flexibility index (Phi) is 2.93. The third kappa shape index (κ3) is 2.01. The van der Waals surface area contributed by atoms with E-state index in [1.54, 1.807) is 13.0 Å². The zero-order valence-electron chi connectivity index (χ0n) is 7.10. The first-order valence-electron chi connectivity index (χ1n) is 3.82. The molecule has 0 aliphatic rings. The number of hydrogen-bond donors (Lipinski definition) is 1. The summed E-state index contributed by atoms with van der Waals surface area (Å²) in [4.78, 5) is 0. The van der Waals surface area contributed by atoms with E-state index in [0.29, 0.717) is 5.56 Å². The zero-order chi connectivity index (χ0) is 10.0. The van der Waals surface area contributed by atoms with Gasteiger partial charge < -0.3 is 5.73 Å². The molecule has 0 radical (unpaired) electrons. The van der Waals surface area contributed by atoms with Gasteiger partial charge in [0.1, 0.15) is 5.82 Å². The van der Waals surface area contributed by atoms with Crippen LogP contribution in [-0.2, 0) is 0 Å². The van der Waals surface area contributed by atoms with Crippen LogP contribution in [0.1, 0.15) is 17.2 Å². The molecule has 0 aliphatic heterocycles. The third-order valence-corrected chi connectivity index (χ3v) is 1.88. The SMILES string of the molecule is Cc1cccc(F)c1C(N)C(F)F. The lowest BCUT2D eigenvalue weighted by molar-refractivity contribution is 0.114. The molecule has 0 aliphatic carbocycles. The highest BCUT2D eigenvalue weighted by Crippen LogP contribution is 2.23. The highest BCUT2D eigenvalue weighted by molar-refractivity contribution is 5.30. The lowest BCUT2D eigenvalue weighted by Gasteiger charge is -2.14. The maximum atomic E-state index is 13.0. The molecule has 0 amide bonds. The van der Waals surface area contributed by atoms with Gasteiger partial charge in [-0.2, -0.15) is 0 Å². The second kappa shape index (κ2) is 3.79. The van der Waals surface area contributed by atoms with Crippen molar-refractivity contribution in [2.24, 2.45) is 5.73 Å². The predicted molar refractivity (Wildman–Crippen MR) is 44.1 cm³/mol. The van der Waals surface area contributed by atoms with Crippen LogP contribution >= 0.6 is 0 Å². The summed E-state index contributed by atoms with van der Waals surface area (Å²) in [7, 11) is 0. The summed E-state index contributed by atoms with van der Waals surface area (Å²) in [6, 6.07) is 2.61. The summed E-state index contributed by atoms with van der Waals surface area (Å²) >= 11 is 0. The third-order valence-electron chi connectivity index (χ3n) is 1.88. The number of alkyl halides is 2. The Morgan fingerprint density at radius 2 is 1.92 bits per heavy atom. The van der Waals surface area contributed by atoms with Gasteiger partial charge in [0.05, 0.1) is 6.04 Å². The summed E-state index contributed by atoms with van der Waals surface area (Å²) < 4.78 is 37.4. The number of nitrogens with two attached hydrogens (primary N) is 1. The number of benzene rings is 1. The maximum absolute atomic E-state index is 13.0. The van der Waals surface area contributed by atoms with Crippen LogP contribution in [0.4, 0.5) is 13.2 Å². The molecule has 1 nitrogen and oxygen atoms in total. The Hall–Kier alpha value is -1.03. The van der Waals surface area contributed by atoms with Crippen molar-refractivity contribution in [1.82, 2.24) is 0 Å². The molecule has 1 aromatic carbocycles. The van der Waals surface area contributed by atoms with Crippen LogP contribution in [0.15, 0.2) is 18.2 Å². The first-order valence-corrected chi connectivity index (χ1v) is 3.82. The molecule has 0 bridgehead atoms. The number of aryl methyl sites for hydroxylation is 1. The molecule has 0 saturated heterocycles. The van der Waals surface area contributed by atoms with E-state index in [4.69, 9.17) is 5.73 Å². The van der Waals surface area contributed by atoms with Gasteiger partial charge in [0.2, 0.25) is 0 Å². The standard InChI is InChI=1S/C9H10F3N/c1-5-3-2-4-6(10)7(5)8(13)9(11)12/h2-4,8-9H,13H2,1H3. The molecule has 72 valence electrons. The molecule has 2 N–H and O–H groups in total. The van der Waals surface area contributed by atoms with Crippen molar-refractivity contribution >= 4 is 0 Å². The Labute approximate surface area is 74.4 Å². The Morgan fingerprint density at radius 3 is 2.38 bits per heavy atom. The van der Waals surface area contributed by atoms with Crippen LogP contribution in [-0.4, -0.2) is 6.43 Å². The van der Waals surface area contributed by atoms with Gasteiger partial charge >= 0.3 is 0 Å². The Balaban J connectivity index is 3.12. The maximum Gasteiger partial charge on any atom is 0.257 e. The predicted octanol–water partition coefficient (Wildman–Crippen LogP) is 2.40. The highest BCUT2D eigenvalue weighted by atomic mass is 19.3. The second-order valence-corrected chi connectivity index (χ2v) is 2.83. The minimum absolute atomic E-state index is 0.0995. The fourth-order valence-electron chi connectivity index (χ4n) is 1.19. The van der Waals surface area contributed by atoms with Gasteiger partial charge in [0.25, 0.3) is 6.43 Å². The molecule has 0 spiro atoms. The molecule has 0 fully saturated rings.